The van der Waals surface area contributed by atoms with Crippen LogP contribution in [0, 0.1) is 13.8 Å². The van der Waals surface area contributed by atoms with Crippen LogP contribution < -0.4 is 10.1 Å². The lowest BCUT2D eigenvalue weighted by Crippen LogP contribution is -2.32. The van der Waals surface area contributed by atoms with Gasteiger partial charge in [-0.2, -0.15) is 0 Å². The average Bonchev–Trinajstić information content (AvgIpc) is 3.68. The van der Waals surface area contributed by atoms with Crippen molar-refractivity contribution in [1.82, 2.24) is 19.9 Å². The molecule has 1 saturated heterocycles. The van der Waals surface area contributed by atoms with Crippen LogP contribution in [0.15, 0.2) is 54.0 Å². The minimum absolute atomic E-state index is 0.0735. The summed E-state index contributed by atoms with van der Waals surface area (Å²) in [6, 6.07) is 14.1. The van der Waals surface area contributed by atoms with Gasteiger partial charge in [-0.05, 0) is 69.0 Å². The maximum atomic E-state index is 13.2. The quantitative estimate of drug-likeness (QED) is 0.320. The predicted octanol–water partition coefficient (Wildman–Crippen LogP) is 5.45. The van der Waals surface area contributed by atoms with Gasteiger partial charge >= 0.3 is 0 Å². The Morgan fingerprint density at radius 1 is 1.22 bits per heavy atom. The van der Waals surface area contributed by atoms with E-state index in [0.29, 0.717) is 12.1 Å². The number of hydrogen-bond acceptors (Lipinski definition) is 6. The molecule has 1 aliphatic heterocycles. The first-order valence-corrected chi connectivity index (χ1v) is 13.5. The van der Waals surface area contributed by atoms with Gasteiger partial charge in [0.15, 0.2) is 0 Å². The van der Waals surface area contributed by atoms with E-state index in [1.807, 2.05) is 50.4 Å². The fourth-order valence-electron chi connectivity index (χ4n) is 4.63. The van der Waals surface area contributed by atoms with Crippen molar-refractivity contribution in [2.75, 3.05) is 20.3 Å². The number of nitrogens with zero attached hydrogens (tertiary/aromatic N) is 3. The molecule has 1 aromatic carbocycles. The Labute approximate surface area is 221 Å². The molecule has 1 amide bonds. The van der Waals surface area contributed by atoms with Crippen molar-refractivity contribution in [3.8, 4) is 27.7 Å². The number of nitrogens with one attached hydrogen (secondary N) is 1. The number of pyridine rings is 1. The third-order valence-corrected chi connectivity index (χ3v) is 7.72. The molecule has 37 heavy (non-hydrogen) atoms. The average molecular weight is 517 g/mol. The number of aromatic nitrogens is 3. The number of aryl methyl sites for hydroxylation is 2. The molecule has 0 aliphatic carbocycles. The van der Waals surface area contributed by atoms with Gasteiger partial charge in [-0.25, -0.2) is 4.98 Å². The van der Waals surface area contributed by atoms with Crippen molar-refractivity contribution in [3.05, 3.63) is 76.6 Å². The van der Waals surface area contributed by atoms with Crippen molar-refractivity contribution in [2.24, 2.45) is 0 Å². The number of methoxy groups -OCH3 is 1. The van der Waals surface area contributed by atoms with E-state index >= 15 is 0 Å². The minimum atomic E-state index is -0.0735. The third kappa shape index (κ3) is 5.76. The van der Waals surface area contributed by atoms with Crippen molar-refractivity contribution in [1.29, 1.82) is 0 Å². The lowest BCUT2D eigenvalue weighted by molar-refractivity contribution is 0.0857. The van der Waals surface area contributed by atoms with Gasteiger partial charge in [-0.3, -0.25) is 9.78 Å². The van der Waals surface area contributed by atoms with Crippen LogP contribution in [0.5, 0.6) is 5.75 Å². The highest BCUT2D eigenvalue weighted by molar-refractivity contribution is 7.13. The van der Waals surface area contributed by atoms with Crippen LogP contribution in [-0.2, 0) is 17.7 Å². The Morgan fingerprint density at radius 3 is 2.76 bits per heavy atom. The Morgan fingerprint density at radius 2 is 2.05 bits per heavy atom. The molecule has 1 N–H and O–H groups in total. The number of benzene rings is 1. The van der Waals surface area contributed by atoms with E-state index in [1.165, 1.54) is 5.56 Å². The Balaban J connectivity index is 1.43. The Kier molecular flexibility index (Phi) is 7.67. The van der Waals surface area contributed by atoms with Crippen molar-refractivity contribution < 1.29 is 14.3 Å². The molecule has 1 unspecified atom stereocenters. The Hall–Kier alpha value is -3.49. The van der Waals surface area contributed by atoms with Crippen LogP contribution in [0.1, 0.15) is 40.2 Å². The second-order valence-corrected chi connectivity index (χ2v) is 10.2. The highest BCUT2D eigenvalue weighted by Gasteiger charge is 2.22. The van der Waals surface area contributed by atoms with Crippen LogP contribution in [0.25, 0.3) is 22.0 Å². The summed E-state index contributed by atoms with van der Waals surface area (Å²) in [6.45, 7) is 6.02. The molecular formula is C29H32N4O3S. The first-order valence-electron chi connectivity index (χ1n) is 12.6. The molecule has 1 aliphatic rings. The molecule has 1 fully saturated rings. The Bertz CT molecular complexity index is 1350. The maximum absolute atomic E-state index is 13.2. The molecule has 8 heteroatoms. The van der Waals surface area contributed by atoms with Crippen molar-refractivity contribution in [3.63, 3.8) is 0 Å². The van der Waals surface area contributed by atoms with Gasteiger partial charge in [-0.15, -0.1) is 11.3 Å². The summed E-state index contributed by atoms with van der Waals surface area (Å²) in [5.74, 6) is 0.767. The first kappa shape index (κ1) is 25.2. The van der Waals surface area contributed by atoms with Gasteiger partial charge in [0.25, 0.3) is 5.91 Å². The highest BCUT2D eigenvalue weighted by atomic mass is 32.1. The summed E-state index contributed by atoms with van der Waals surface area (Å²) in [7, 11) is 1.67. The van der Waals surface area contributed by atoms with E-state index in [9.17, 15) is 4.79 Å². The van der Waals surface area contributed by atoms with Gasteiger partial charge in [0.1, 0.15) is 10.8 Å². The second kappa shape index (κ2) is 11.3. The molecule has 0 radical (unpaired) electrons. The lowest BCUT2D eigenvalue weighted by atomic mass is 10.1. The zero-order chi connectivity index (χ0) is 25.8. The van der Waals surface area contributed by atoms with Gasteiger partial charge in [0, 0.05) is 48.2 Å². The molecule has 3 aromatic heterocycles. The van der Waals surface area contributed by atoms with E-state index in [4.69, 9.17) is 14.5 Å². The molecule has 5 rings (SSSR count). The SMILES string of the molecule is COc1ccc(CCn2c(-c3csc(-c4ccc(C)nc4)n3)cc(C(=O)NCC3CCCO3)c2C)cc1. The maximum Gasteiger partial charge on any atom is 0.253 e. The summed E-state index contributed by atoms with van der Waals surface area (Å²) in [4.78, 5) is 22.5. The summed E-state index contributed by atoms with van der Waals surface area (Å²) in [6.07, 6.45) is 4.82. The van der Waals surface area contributed by atoms with Crippen molar-refractivity contribution >= 4 is 17.2 Å². The second-order valence-electron chi connectivity index (χ2n) is 9.35. The molecule has 1 atom stereocenters. The number of thiazole rings is 1. The minimum Gasteiger partial charge on any atom is -0.497 e. The lowest BCUT2D eigenvalue weighted by Gasteiger charge is -2.12. The van der Waals surface area contributed by atoms with E-state index < -0.39 is 0 Å². The molecule has 7 nitrogen and oxygen atoms in total. The fourth-order valence-corrected chi connectivity index (χ4v) is 5.44. The number of rotatable bonds is 9. The molecule has 4 aromatic rings. The summed E-state index contributed by atoms with van der Waals surface area (Å²) in [5, 5.41) is 6.05. The van der Waals surface area contributed by atoms with Gasteiger partial charge in [-0.1, -0.05) is 12.1 Å². The van der Waals surface area contributed by atoms with Gasteiger partial charge in [0.05, 0.1) is 30.2 Å². The molecule has 0 spiro atoms. The topological polar surface area (TPSA) is 78.3 Å². The van der Waals surface area contributed by atoms with E-state index in [0.717, 1.165) is 71.5 Å². The van der Waals surface area contributed by atoms with E-state index in [2.05, 4.69) is 32.4 Å². The summed E-state index contributed by atoms with van der Waals surface area (Å²) < 4.78 is 13.2. The third-order valence-electron chi connectivity index (χ3n) is 6.83. The predicted molar refractivity (Wildman–Crippen MR) is 146 cm³/mol. The molecule has 192 valence electrons. The highest BCUT2D eigenvalue weighted by Crippen LogP contribution is 2.32. The monoisotopic (exact) mass is 516 g/mol. The summed E-state index contributed by atoms with van der Waals surface area (Å²) in [5.41, 5.74) is 6.57. The van der Waals surface area contributed by atoms with Crippen LogP contribution in [0.3, 0.4) is 0 Å². The molecule has 0 bridgehead atoms. The zero-order valence-electron chi connectivity index (χ0n) is 21.5. The standard InChI is InChI=1S/C29H32N4O3S/c1-19-6-9-22(16-30-19)29-32-26(18-37-29)27-15-25(28(34)31-17-24-5-4-14-36-24)20(2)33(27)13-12-21-7-10-23(35-3)11-8-21/h6-11,15-16,18,24H,4-5,12-14,17H2,1-3H3,(H,31,34). The van der Waals surface area contributed by atoms with Crippen LogP contribution in [0.2, 0.25) is 0 Å². The number of amides is 1. The summed E-state index contributed by atoms with van der Waals surface area (Å²) >= 11 is 1.59. The number of hydrogen-bond donors (Lipinski definition) is 1. The van der Waals surface area contributed by atoms with Crippen LogP contribution in [0.4, 0.5) is 0 Å². The van der Waals surface area contributed by atoms with Crippen molar-refractivity contribution in [2.45, 2.75) is 45.8 Å². The molecule has 4 heterocycles. The number of carbonyl (C=O) groups excluding carboxylic acids is 1. The largest absolute Gasteiger partial charge is 0.497 e. The van der Waals surface area contributed by atoms with Crippen LogP contribution >= 0.6 is 11.3 Å². The fraction of sp³-hybridized carbons (Fsp3) is 0.345. The van der Waals surface area contributed by atoms with Gasteiger partial charge < -0.3 is 19.4 Å². The van der Waals surface area contributed by atoms with E-state index in [-0.39, 0.29) is 12.0 Å². The zero-order valence-corrected chi connectivity index (χ0v) is 22.3. The number of carbonyl (C=O) groups is 1. The van der Waals surface area contributed by atoms with Crippen LogP contribution in [-0.4, -0.2) is 46.8 Å². The normalized spacial score (nSPS) is 15.2. The molecule has 0 saturated carbocycles. The van der Waals surface area contributed by atoms with E-state index in [1.54, 1.807) is 18.4 Å². The first-order chi connectivity index (χ1) is 18.0. The molecular weight excluding hydrogens is 484 g/mol. The number of ether oxygens (including phenoxy) is 2. The van der Waals surface area contributed by atoms with Gasteiger partial charge in [0.2, 0.25) is 0 Å². The smallest absolute Gasteiger partial charge is 0.253 e.